The molecule has 0 aromatic rings. The van der Waals surface area contributed by atoms with Gasteiger partial charge in [-0.05, 0) is 33.6 Å². The Labute approximate surface area is 128 Å². The van der Waals surface area contributed by atoms with E-state index >= 15 is 0 Å². The van der Waals surface area contributed by atoms with Crippen LogP contribution >= 0.6 is 0 Å². The monoisotopic (exact) mass is 324 g/mol. The van der Waals surface area contributed by atoms with Crippen LogP contribution in [0.1, 0.15) is 40.0 Å². The van der Waals surface area contributed by atoms with Gasteiger partial charge in [0.05, 0.1) is 6.42 Å². The zero-order valence-electron chi connectivity index (χ0n) is 13.4. The Kier molecular flexibility index (Phi) is 5.70. The van der Waals surface area contributed by atoms with Crippen molar-refractivity contribution in [1.29, 1.82) is 0 Å². The van der Waals surface area contributed by atoms with Gasteiger partial charge in [0.2, 0.25) is 5.91 Å². The predicted molar refractivity (Wildman–Crippen MR) is 74.3 cm³/mol. The molecule has 1 aliphatic rings. The van der Waals surface area contributed by atoms with Crippen LogP contribution in [0.5, 0.6) is 0 Å². The standard InChI is InChI=1S/C14H23F3N2O3/c1-13(2,3)22-12(21)19-8-5-6-10(19)11(20)18(4)9-7-14(15,16)17/h10H,5-9H2,1-4H3/t10-/m0/s1. The Morgan fingerprint density at radius 1 is 1.27 bits per heavy atom. The van der Waals surface area contributed by atoms with Crippen LogP contribution in [0.25, 0.3) is 0 Å². The zero-order valence-corrected chi connectivity index (χ0v) is 13.4. The highest BCUT2D eigenvalue weighted by molar-refractivity contribution is 5.86. The molecule has 0 radical (unpaired) electrons. The summed E-state index contributed by atoms with van der Waals surface area (Å²) in [6.07, 6.45) is -4.91. The lowest BCUT2D eigenvalue weighted by Gasteiger charge is -2.30. The van der Waals surface area contributed by atoms with Crippen molar-refractivity contribution in [2.75, 3.05) is 20.1 Å². The van der Waals surface area contributed by atoms with E-state index in [0.717, 1.165) is 4.90 Å². The molecule has 8 heteroatoms. The fourth-order valence-electron chi connectivity index (χ4n) is 2.22. The van der Waals surface area contributed by atoms with Crippen molar-refractivity contribution < 1.29 is 27.5 Å². The zero-order chi connectivity index (χ0) is 17.1. The number of amides is 2. The lowest BCUT2D eigenvalue weighted by atomic mass is 10.2. The van der Waals surface area contributed by atoms with E-state index in [0.29, 0.717) is 19.4 Å². The van der Waals surface area contributed by atoms with Crippen molar-refractivity contribution in [3.63, 3.8) is 0 Å². The molecule has 1 atom stereocenters. The van der Waals surface area contributed by atoms with Gasteiger partial charge in [-0.1, -0.05) is 0 Å². The number of hydrogen-bond acceptors (Lipinski definition) is 3. The van der Waals surface area contributed by atoms with Crippen molar-refractivity contribution >= 4 is 12.0 Å². The average molecular weight is 324 g/mol. The van der Waals surface area contributed by atoms with E-state index in [1.807, 2.05) is 0 Å². The molecule has 0 bridgehead atoms. The summed E-state index contributed by atoms with van der Waals surface area (Å²) in [6, 6.07) is -0.743. The number of likely N-dealkylation sites (N-methyl/N-ethyl adjacent to an activating group) is 1. The minimum absolute atomic E-state index is 0.373. The van der Waals surface area contributed by atoms with Crippen LogP contribution in [-0.2, 0) is 9.53 Å². The maximum absolute atomic E-state index is 12.3. The summed E-state index contributed by atoms with van der Waals surface area (Å²) in [5, 5.41) is 0. The molecule has 0 aromatic carbocycles. The second kappa shape index (κ2) is 6.75. The molecule has 0 aliphatic carbocycles. The topological polar surface area (TPSA) is 49.9 Å². The number of hydrogen-bond donors (Lipinski definition) is 0. The lowest BCUT2D eigenvalue weighted by Crippen LogP contribution is -2.48. The third-order valence-electron chi connectivity index (χ3n) is 3.27. The van der Waals surface area contributed by atoms with Gasteiger partial charge in [-0.15, -0.1) is 0 Å². The molecule has 5 nitrogen and oxygen atoms in total. The highest BCUT2D eigenvalue weighted by atomic mass is 19.4. The van der Waals surface area contributed by atoms with Gasteiger partial charge in [0.25, 0.3) is 0 Å². The number of likely N-dealkylation sites (tertiary alicyclic amines) is 1. The molecule has 1 fully saturated rings. The number of carbonyl (C=O) groups is 2. The van der Waals surface area contributed by atoms with Gasteiger partial charge in [-0.2, -0.15) is 13.2 Å². The van der Waals surface area contributed by atoms with Crippen LogP contribution < -0.4 is 0 Å². The minimum atomic E-state index is -4.31. The van der Waals surface area contributed by atoms with Gasteiger partial charge in [0.15, 0.2) is 0 Å². The highest BCUT2D eigenvalue weighted by Gasteiger charge is 2.38. The third kappa shape index (κ3) is 5.73. The first-order valence-electron chi connectivity index (χ1n) is 7.22. The number of rotatable bonds is 3. The fourth-order valence-corrected chi connectivity index (χ4v) is 2.22. The molecule has 128 valence electrons. The molecule has 0 aromatic heterocycles. The van der Waals surface area contributed by atoms with Gasteiger partial charge in [0, 0.05) is 20.1 Å². The van der Waals surface area contributed by atoms with E-state index < -0.39 is 42.8 Å². The van der Waals surface area contributed by atoms with Gasteiger partial charge in [0.1, 0.15) is 11.6 Å². The number of carbonyl (C=O) groups excluding carboxylic acids is 2. The molecule has 1 rings (SSSR count). The maximum atomic E-state index is 12.3. The van der Waals surface area contributed by atoms with Gasteiger partial charge < -0.3 is 9.64 Å². The first kappa shape index (κ1) is 18.6. The lowest BCUT2D eigenvalue weighted by molar-refractivity contribution is -0.146. The van der Waals surface area contributed by atoms with Gasteiger partial charge in [-0.3, -0.25) is 9.69 Å². The van der Waals surface area contributed by atoms with Crippen LogP contribution in [0.2, 0.25) is 0 Å². The molecule has 0 saturated carbocycles. The number of halogens is 3. The fraction of sp³-hybridized carbons (Fsp3) is 0.857. The Balaban J connectivity index is 2.65. The van der Waals surface area contributed by atoms with Gasteiger partial charge in [-0.25, -0.2) is 4.79 Å². The number of ether oxygens (including phenoxy) is 1. The van der Waals surface area contributed by atoms with E-state index in [2.05, 4.69) is 0 Å². The van der Waals surface area contributed by atoms with Crippen molar-refractivity contribution in [3.8, 4) is 0 Å². The molecule has 1 heterocycles. The van der Waals surface area contributed by atoms with Gasteiger partial charge >= 0.3 is 12.3 Å². The summed E-state index contributed by atoms with van der Waals surface area (Å²) in [7, 11) is 1.32. The summed E-state index contributed by atoms with van der Waals surface area (Å²) in [5.74, 6) is -0.479. The van der Waals surface area contributed by atoms with Crippen LogP contribution in [0.4, 0.5) is 18.0 Å². The molecule has 1 saturated heterocycles. The van der Waals surface area contributed by atoms with Crippen LogP contribution in [0.3, 0.4) is 0 Å². The van der Waals surface area contributed by atoms with Crippen molar-refractivity contribution in [2.45, 2.75) is 57.9 Å². The largest absolute Gasteiger partial charge is 0.444 e. The predicted octanol–water partition coefficient (Wildman–Crippen LogP) is 2.80. The summed E-state index contributed by atoms with van der Waals surface area (Å²) >= 11 is 0. The van der Waals surface area contributed by atoms with E-state index in [1.54, 1.807) is 20.8 Å². The number of alkyl halides is 3. The molecule has 22 heavy (non-hydrogen) atoms. The quantitative estimate of drug-likeness (QED) is 0.802. The maximum Gasteiger partial charge on any atom is 0.410 e. The van der Waals surface area contributed by atoms with E-state index in [4.69, 9.17) is 4.74 Å². The molecule has 0 spiro atoms. The second-order valence-corrected chi connectivity index (χ2v) is 6.46. The summed E-state index contributed by atoms with van der Waals surface area (Å²) in [6.45, 7) is 5.10. The summed E-state index contributed by atoms with van der Waals surface area (Å²) < 4.78 is 41.9. The molecular formula is C14H23F3N2O3. The highest BCUT2D eigenvalue weighted by Crippen LogP contribution is 2.24. The number of nitrogens with zero attached hydrogens (tertiary/aromatic N) is 2. The SMILES string of the molecule is CN(CCC(F)(F)F)C(=O)[C@@H]1CCCN1C(=O)OC(C)(C)C. The Morgan fingerprint density at radius 2 is 1.86 bits per heavy atom. The van der Waals surface area contributed by atoms with Crippen LogP contribution in [-0.4, -0.2) is 59.8 Å². The van der Waals surface area contributed by atoms with E-state index in [9.17, 15) is 22.8 Å². The first-order chi connectivity index (χ1) is 9.91. The second-order valence-electron chi connectivity index (χ2n) is 6.46. The molecule has 1 aliphatic heterocycles. The molecule has 2 amide bonds. The first-order valence-corrected chi connectivity index (χ1v) is 7.22. The summed E-state index contributed by atoms with van der Waals surface area (Å²) in [5.41, 5.74) is -0.685. The molecular weight excluding hydrogens is 301 g/mol. The minimum Gasteiger partial charge on any atom is -0.444 e. The smallest absolute Gasteiger partial charge is 0.410 e. The van der Waals surface area contributed by atoms with Crippen LogP contribution in [0.15, 0.2) is 0 Å². The van der Waals surface area contributed by atoms with Crippen molar-refractivity contribution in [1.82, 2.24) is 9.80 Å². The third-order valence-corrected chi connectivity index (χ3v) is 3.27. The summed E-state index contributed by atoms with van der Waals surface area (Å²) in [4.78, 5) is 26.7. The molecule has 0 unspecified atom stereocenters. The Bertz CT molecular complexity index is 419. The average Bonchev–Trinajstić information content (AvgIpc) is 2.81. The normalized spacial score (nSPS) is 19.2. The Hall–Kier alpha value is -1.47. The van der Waals surface area contributed by atoms with Crippen LogP contribution in [0, 0.1) is 0 Å². The van der Waals surface area contributed by atoms with E-state index in [1.165, 1.54) is 11.9 Å². The van der Waals surface area contributed by atoms with Crippen molar-refractivity contribution in [3.05, 3.63) is 0 Å². The van der Waals surface area contributed by atoms with Crippen molar-refractivity contribution in [2.24, 2.45) is 0 Å². The molecule has 0 N–H and O–H groups in total. The van der Waals surface area contributed by atoms with E-state index in [-0.39, 0.29) is 0 Å². The Morgan fingerprint density at radius 3 is 2.36 bits per heavy atom.